The number of hydrogen-bond acceptors (Lipinski definition) is 7. The molecule has 2 atom stereocenters. The van der Waals surface area contributed by atoms with Crippen molar-refractivity contribution >= 4 is 28.9 Å². The number of amides is 1. The van der Waals surface area contributed by atoms with Crippen LogP contribution >= 0.6 is 0 Å². The number of carbonyl (C=O) groups is 1. The maximum absolute atomic E-state index is 13.3. The highest BCUT2D eigenvalue weighted by Crippen LogP contribution is 2.33. The van der Waals surface area contributed by atoms with Gasteiger partial charge in [0.1, 0.15) is 29.1 Å². The fraction of sp³-hybridized carbons (Fsp3) is 0.500. The number of ether oxygens (including phenoxy) is 1. The lowest BCUT2D eigenvalue weighted by Gasteiger charge is -2.31. The summed E-state index contributed by atoms with van der Waals surface area (Å²) in [6.07, 6.45) is 6.82. The molecule has 5 rings (SSSR count). The number of rotatable bonds is 7. The summed E-state index contributed by atoms with van der Waals surface area (Å²) in [4.78, 5) is 30.7. The lowest BCUT2D eigenvalue weighted by Crippen LogP contribution is -2.40. The van der Waals surface area contributed by atoms with Gasteiger partial charge in [0.2, 0.25) is 0 Å². The van der Waals surface area contributed by atoms with Gasteiger partial charge in [-0.25, -0.2) is 9.37 Å². The third-order valence-electron chi connectivity index (χ3n) is 6.95. The molecule has 3 N–H and O–H groups in total. The average Bonchev–Trinajstić information content (AvgIpc) is 3.27. The Balaban J connectivity index is 1.42. The molecule has 3 aromatic heterocycles. The maximum atomic E-state index is 13.3. The highest BCUT2D eigenvalue weighted by Gasteiger charge is 2.31. The van der Waals surface area contributed by atoms with Crippen LogP contribution in [0.15, 0.2) is 35.4 Å². The molecule has 0 bridgehead atoms. The second-order valence-corrected chi connectivity index (χ2v) is 9.25. The molecule has 10 nitrogen and oxygen atoms in total. The minimum Gasteiger partial charge on any atom is -0.381 e. The highest BCUT2D eigenvalue weighted by molar-refractivity contribution is 6.00. The molecule has 11 heteroatoms. The summed E-state index contributed by atoms with van der Waals surface area (Å²) in [6, 6.07) is 5.02. The minimum absolute atomic E-state index is 0.0273. The predicted molar refractivity (Wildman–Crippen MR) is 130 cm³/mol. The molecule has 35 heavy (non-hydrogen) atoms. The number of halogens is 1. The van der Waals surface area contributed by atoms with Gasteiger partial charge in [0.25, 0.3) is 11.5 Å². The quantitative estimate of drug-likeness (QED) is 0.473. The molecule has 3 aromatic rings. The van der Waals surface area contributed by atoms with Crippen LogP contribution in [0.3, 0.4) is 0 Å². The van der Waals surface area contributed by atoms with Crippen molar-refractivity contribution in [2.24, 2.45) is 0 Å². The smallest absolute Gasteiger partial charge is 0.274 e. The number of hydrogen-bond donors (Lipinski definition) is 3. The predicted octanol–water partition coefficient (Wildman–Crippen LogP) is 3.04. The number of nitrogens with one attached hydrogen (secondary N) is 3. The Morgan fingerprint density at radius 2 is 2.09 bits per heavy atom. The van der Waals surface area contributed by atoms with Crippen LogP contribution in [0.1, 0.15) is 54.9 Å². The first-order valence-electron chi connectivity index (χ1n) is 12.0. The molecule has 0 aliphatic heterocycles. The lowest BCUT2D eigenvalue weighted by molar-refractivity contribution is 0.0563. The van der Waals surface area contributed by atoms with Crippen LogP contribution < -0.4 is 21.5 Å². The first kappa shape index (κ1) is 23.3. The van der Waals surface area contributed by atoms with E-state index in [1.807, 2.05) is 0 Å². The van der Waals surface area contributed by atoms with E-state index in [4.69, 9.17) is 4.74 Å². The van der Waals surface area contributed by atoms with Gasteiger partial charge >= 0.3 is 0 Å². The second kappa shape index (κ2) is 9.65. The van der Waals surface area contributed by atoms with Crippen molar-refractivity contribution in [1.29, 1.82) is 0 Å². The summed E-state index contributed by atoms with van der Waals surface area (Å²) in [7, 11) is 3.44. The summed E-state index contributed by atoms with van der Waals surface area (Å²) in [5.74, 6) is 0.741. The molecular weight excluding hydrogens is 453 g/mol. The number of fused-ring (bicyclic) bond motifs is 1. The third kappa shape index (κ3) is 4.60. The van der Waals surface area contributed by atoms with Gasteiger partial charge in [-0.05, 0) is 50.7 Å². The van der Waals surface area contributed by atoms with E-state index in [9.17, 15) is 14.0 Å². The number of aromatic nitrogens is 4. The maximum Gasteiger partial charge on any atom is 0.274 e. The Kier molecular flexibility index (Phi) is 6.42. The van der Waals surface area contributed by atoms with Gasteiger partial charge < -0.3 is 25.3 Å². The van der Waals surface area contributed by atoms with Crippen LogP contribution in [0.2, 0.25) is 0 Å². The topological polar surface area (TPSA) is 115 Å². The van der Waals surface area contributed by atoms with Crippen LogP contribution in [-0.2, 0) is 4.74 Å². The molecule has 3 heterocycles. The van der Waals surface area contributed by atoms with Crippen LogP contribution in [0.5, 0.6) is 0 Å². The molecule has 186 valence electrons. The van der Waals surface area contributed by atoms with Crippen molar-refractivity contribution in [3.63, 3.8) is 0 Å². The Bertz CT molecular complexity index is 1280. The van der Waals surface area contributed by atoms with Gasteiger partial charge in [-0.1, -0.05) is 0 Å². The summed E-state index contributed by atoms with van der Waals surface area (Å²) in [5.41, 5.74) is 0.797. The lowest BCUT2D eigenvalue weighted by atomic mass is 9.90. The number of nitrogens with zero attached hydrogens (tertiary/aromatic N) is 4. The van der Waals surface area contributed by atoms with Crippen molar-refractivity contribution in [2.45, 2.75) is 62.9 Å². The number of pyridine rings is 1. The number of carbonyl (C=O) groups excluding carboxylic acids is 1. The largest absolute Gasteiger partial charge is 0.381 e. The second-order valence-electron chi connectivity index (χ2n) is 9.25. The van der Waals surface area contributed by atoms with E-state index in [-0.39, 0.29) is 29.7 Å². The SMILES string of the molecule is CNc1cc(Nc2cccn([C@H]3C[C@H](F)C3)c2=O)nc2c(C(=O)NC3CCC[C@@H](OC)C3)cnn12. The van der Waals surface area contributed by atoms with E-state index in [1.165, 1.54) is 6.20 Å². The number of methoxy groups -OCH3 is 1. The van der Waals surface area contributed by atoms with Crippen LogP contribution in [0, 0.1) is 0 Å². The molecule has 0 saturated heterocycles. The van der Waals surface area contributed by atoms with Crippen molar-refractivity contribution < 1.29 is 13.9 Å². The normalized spacial score (nSPS) is 24.1. The van der Waals surface area contributed by atoms with Crippen molar-refractivity contribution in [3.8, 4) is 0 Å². The fourth-order valence-electron chi connectivity index (χ4n) is 4.90. The number of anilines is 3. The third-order valence-corrected chi connectivity index (χ3v) is 6.95. The zero-order valence-corrected chi connectivity index (χ0v) is 19.8. The Morgan fingerprint density at radius 1 is 1.26 bits per heavy atom. The standard InChI is InChI=1S/C24H30FN7O3/c1-26-21-12-20(29-19-7-4-8-31(24(19)34)16-9-14(25)10-16)30-22-18(13-27-32(21)22)23(33)28-15-5-3-6-17(11-15)35-2/h4,7-8,12-17,26H,3,5-6,9-11H2,1-2H3,(H,28,33)(H,29,30)/t14-,15?,16-,17-/m1/s1. The minimum atomic E-state index is -0.855. The Morgan fingerprint density at radius 3 is 2.83 bits per heavy atom. The molecular formula is C24H30FN7O3. The summed E-state index contributed by atoms with van der Waals surface area (Å²) in [5, 5.41) is 13.6. The van der Waals surface area contributed by atoms with Gasteiger partial charge in [0.15, 0.2) is 5.65 Å². The van der Waals surface area contributed by atoms with Gasteiger partial charge in [-0.2, -0.15) is 9.61 Å². The molecule has 0 aromatic carbocycles. The molecule has 2 fully saturated rings. The molecule has 0 spiro atoms. The molecule has 0 radical (unpaired) electrons. The van der Waals surface area contributed by atoms with E-state index in [1.54, 1.807) is 47.6 Å². The van der Waals surface area contributed by atoms with E-state index >= 15 is 0 Å². The van der Waals surface area contributed by atoms with Gasteiger partial charge in [-0.3, -0.25) is 9.59 Å². The van der Waals surface area contributed by atoms with E-state index in [2.05, 4.69) is 26.0 Å². The average molecular weight is 484 g/mol. The van der Waals surface area contributed by atoms with Crippen molar-refractivity contribution in [1.82, 2.24) is 24.5 Å². The highest BCUT2D eigenvalue weighted by atomic mass is 19.1. The molecule has 1 unspecified atom stereocenters. The van der Waals surface area contributed by atoms with Crippen LogP contribution in [-0.4, -0.2) is 57.5 Å². The van der Waals surface area contributed by atoms with Gasteiger partial charge in [0, 0.05) is 38.5 Å². The van der Waals surface area contributed by atoms with Crippen molar-refractivity contribution in [3.05, 3.63) is 46.5 Å². The summed E-state index contributed by atoms with van der Waals surface area (Å²) < 4.78 is 21.9. The first-order chi connectivity index (χ1) is 17.0. The molecule has 2 aliphatic carbocycles. The van der Waals surface area contributed by atoms with E-state index in [0.29, 0.717) is 41.4 Å². The summed E-state index contributed by atoms with van der Waals surface area (Å²) in [6.45, 7) is 0. The van der Waals surface area contributed by atoms with Crippen molar-refractivity contribution in [2.75, 3.05) is 24.8 Å². The van der Waals surface area contributed by atoms with Gasteiger partial charge in [-0.15, -0.1) is 0 Å². The molecule has 1 amide bonds. The first-order valence-corrected chi connectivity index (χ1v) is 12.0. The van der Waals surface area contributed by atoms with E-state index in [0.717, 1.165) is 25.7 Å². The van der Waals surface area contributed by atoms with Gasteiger partial charge in [0.05, 0.1) is 12.3 Å². The van der Waals surface area contributed by atoms with Crippen LogP contribution in [0.25, 0.3) is 5.65 Å². The molecule has 2 aliphatic rings. The molecule has 2 saturated carbocycles. The monoisotopic (exact) mass is 483 g/mol. The zero-order chi connectivity index (χ0) is 24.5. The van der Waals surface area contributed by atoms with E-state index < -0.39 is 6.17 Å². The Hall–Kier alpha value is -3.47. The number of alkyl halides is 1. The fourth-order valence-corrected chi connectivity index (χ4v) is 4.90. The Labute approximate surface area is 201 Å². The zero-order valence-electron chi connectivity index (χ0n) is 19.8. The summed E-state index contributed by atoms with van der Waals surface area (Å²) >= 11 is 0. The van der Waals surface area contributed by atoms with Crippen LogP contribution in [0.4, 0.5) is 21.7 Å².